The molecule has 0 spiro atoms. The monoisotopic (exact) mass is 659 g/mol. The topological polar surface area (TPSA) is 99.2 Å². The summed E-state index contributed by atoms with van der Waals surface area (Å²) < 4.78 is 69.5. The molecule has 2 fully saturated rings. The number of morpholine rings is 1. The number of aliphatic hydroxyl groups is 1. The van der Waals surface area contributed by atoms with E-state index in [-0.39, 0.29) is 35.3 Å². The second-order valence-electron chi connectivity index (χ2n) is 12.0. The van der Waals surface area contributed by atoms with E-state index in [2.05, 4.69) is 22.0 Å². The molecular formula is C34H40F3N3O5S. The summed E-state index contributed by atoms with van der Waals surface area (Å²) in [6, 6.07) is 18.4. The fourth-order valence-electron chi connectivity index (χ4n) is 6.25. The van der Waals surface area contributed by atoms with E-state index in [0.29, 0.717) is 30.9 Å². The summed E-state index contributed by atoms with van der Waals surface area (Å²) in [6.45, 7) is 6.83. The van der Waals surface area contributed by atoms with Crippen LogP contribution >= 0.6 is 0 Å². The molecule has 2 aliphatic rings. The number of hydrogen-bond acceptors (Lipinski definition) is 7. The molecule has 248 valence electrons. The minimum Gasteiger partial charge on any atom is -0.394 e. The van der Waals surface area contributed by atoms with Gasteiger partial charge in [0.2, 0.25) is 0 Å². The van der Waals surface area contributed by atoms with Crippen LogP contribution in [-0.2, 0) is 20.8 Å². The highest BCUT2D eigenvalue weighted by Gasteiger charge is 2.36. The van der Waals surface area contributed by atoms with Crippen LogP contribution in [0.3, 0.4) is 0 Å². The zero-order valence-electron chi connectivity index (χ0n) is 25.9. The number of amides is 1. The van der Waals surface area contributed by atoms with Crippen molar-refractivity contribution in [1.29, 1.82) is 0 Å². The number of ether oxygens (including phenoxy) is 1. The molecule has 2 heterocycles. The minimum absolute atomic E-state index is 0.0251. The van der Waals surface area contributed by atoms with Gasteiger partial charge in [0.05, 0.1) is 42.1 Å². The Morgan fingerprint density at radius 2 is 1.72 bits per heavy atom. The van der Waals surface area contributed by atoms with Crippen LogP contribution in [-0.4, -0.2) is 81.6 Å². The van der Waals surface area contributed by atoms with E-state index in [1.54, 1.807) is 43.3 Å². The van der Waals surface area contributed by atoms with Crippen LogP contribution in [0.2, 0.25) is 0 Å². The predicted octanol–water partition coefficient (Wildman–Crippen LogP) is 5.05. The van der Waals surface area contributed by atoms with Gasteiger partial charge in [-0.1, -0.05) is 31.2 Å². The molecule has 0 bridgehead atoms. The van der Waals surface area contributed by atoms with Gasteiger partial charge in [0.1, 0.15) is 0 Å². The molecule has 3 aromatic rings. The average Bonchev–Trinajstić information content (AvgIpc) is 3.48. The van der Waals surface area contributed by atoms with Gasteiger partial charge in [0.25, 0.3) is 5.91 Å². The zero-order valence-corrected chi connectivity index (χ0v) is 26.7. The fraction of sp³-hybridized carbons (Fsp3) is 0.441. The maximum Gasteiger partial charge on any atom is 0.416 e. The normalized spacial score (nSPS) is 21.7. The van der Waals surface area contributed by atoms with E-state index in [1.165, 1.54) is 12.1 Å². The van der Waals surface area contributed by atoms with Crippen LogP contribution in [0.1, 0.15) is 59.3 Å². The second-order valence-corrected chi connectivity index (χ2v) is 14.3. The largest absolute Gasteiger partial charge is 0.416 e. The Morgan fingerprint density at radius 3 is 2.30 bits per heavy atom. The Hall–Kier alpha value is -3.45. The third-order valence-corrected chi connectivity index (χ3v) is 10.8. The maximum absolute atomic E-state index is 13.2. The first-order valence-electron chi connectivity index (χ1n) is 15.5. The first-order valence-corrected chi connectivity index (χ1v) is 17.1. The molecule has 4 atom stereocenters. The molecule has 12 heteroatoms. The van der Waals surface area contributed by atoms with Gasteiger partial charge in [-0.3, -0.25) is 9.69 Å². The predicted molar refractivity (Wildman–Crippen MR) is 170 cm³/mol. The summed E-state index contributed by atoms with van der Waals surface area (Å²) in [5.74, 6) is -0.378. The number of sulfone groups is 1. The van der Waals surface area contributed by atoms with Crippen LogP contribution in [0, 0.1) is 0 Å². The summed E-state index contributed by atoms with van der Waals surface area (Å²) in [5.41, 5.74) is 2.08. The van der Waals surface area contributed by atoms with Crippen molar-refractivity contribution in [2.24, 2.45) is 0 Å². The standard InChI is InChI=1S/C34H40F3N3O5S/c1-3-46(43,44)31-14-8-25(9-15-31)32(21-41)38-33(42)26-6-12-29(13-7-26)40-19-27(24-4-10-28(11-5-24)34(35,36)37)18-30(40)20-39-16-17-45-22-23(39)2/h4-15,23,27,30,32,41H,3,16-22H2,1-2H3,(H,38,42)/t23-,27+,30-,32-/m0/s1. The van der Waals surface area contributed by atoms with Crippen molar-refractivity contribution in [2.75, 3.05) is 50.1 Å². The summed E-state index contributed by atoms with van der Waals surface area (Å²) in [4.78, 5) is 18.0. The van der Waals surface area contributed by atoms with Crippen LogP contribution in [0.4, 0.5) is 18.9 Å². The van der Waals surface area contributed by atoms with Crippen molar-refractivity contribution in [3.05, 3.63) is 95.1 Å². The van der Waals surface area contributed by atoms with Crippen LogP contribution in [0.25, 0.3) is 0 Å². The fourth-order valence-corrected chi connectivity index (χ4v) is 7.13. The van der Waals surface area contributed by atoms with E-state index in [4.69, 9.17) is 4.74 Å². The number of hydrogen-bond donors (Lipinski definition) is 2. The molecule has 0 aliphatic carbocycles. The van der Waals surface area contributed by atoms with E-state index in [0.717, 1.165) is 42.9 Å². The SMILES string of the molecule is CCS(=O)(=O)c1ccc([C@H](CO)NC(=O)c2ccc(N3C[C@H](c4ccc(C(F)(F)F)cc4)C[C@H]3CN3CCOC[C@@H]3C)cc2)cc1. The number of carbonyl (C=O) groups excluding carboxylic acids is 1. The molecule has 1 amide bonds. The Balaban J connectivity index is 1.31. The number of nitrogens with one attached hydrogen (secondary N) is 1. The van der Waals surface area contributed by atoms with Gasteiger partial charge in [0.15, 0.2) is 9.84 Å². The summed E-state index contributed by atoms with van der Waals surface area (Å²) >= 11 is 0. The van der Waals surface area contributed by atoms with Gasteiger partial charge in [-0.15, -0.1) is 0 Å². The van der Waals surface area contributed by atoms with Gasteiger partial charge in [-0.2, -0.15) is 13.2 Å². The number of nitrogens with zero attached hydrogens (tertiary/aromatic N) is 2. The summed E-state index contributed by atoms with van der Waals surface area (Å²) in [7, 11) is -3.37. The molecule has 2 N–H and O–H groups in total. The van der Waals surface area contributed by atoms with E-state index in [9.17, 15) is 31.5 Å². The third kappa shape index (κ3) is 7.74. The Labute approximate surface area is 268 Å². The van der Waals surface area contributed by atoms with E-state index < -0.39 is 33.5 Å². The highest BCUT2D eigenvalue weighted by Crippen LogP contribution is 2.37. The first kappa shape index (κ1) is 33.9. The lowest BCUT2D eigenvalue weighted by Crippen LogP contribution is -2.49. The lowest BCUT2D eigenvalue weighted by Gasteiger charge is -2.37. The lowest BCUT2D eigenvalue weighted by atomic mass is 9.95. The van der Waals surface area contributed by atoms with Crippen molar-refractivity contribution < 1.29 is 36.2 Å². The average molecular weight is 660 g/mol. The van der Waals surface area contributed by atoms with Gasteiger partial charge in [-0.05, 0) is 73.0 Å². The number of alkyl halides is 3. The summed E-state index contributed by atoms with van der Waals surface area (Å²) in [6.07, 6.45) is -3.61. The highest BCUT2D eigenvalue weighted by atomic mass is 32.2. The number of anilines is 1. The van der Waals surface area contributed by atoms with Crippen LogP contribution < -0.4 is 10.2 Å². The smallest absolute Gasteiger partial charge is 0.394 e. The van der Waals surface area contributed by atoms with Crippen molar-refractivity contribution in [1.82, 2.24) is 10.2 Å². The summed E-state index contributed by atoms with van der Waals surface area (Å²) in [5, 5.41) is 12.8. The van der Waals surface area contributed by atoms with Crippen molar-refractivity contribution in [3.63, 3.8) is 0 Å². The number of benzene rings is 3. The zero-order chi connectivity index (χ0) is 33.1. The highest BCUT2D eigenvalue weighted by molar-refractivity contribution is 7.91. The quantitative estimate of drug-likeness (QED) is 0.315. The van der Waals surface area contributed by atoms with Gasteiger partial charge in [-0.25, -0.2) is 8.42 Å². The van der Waals surface area contributed by atoms with Crippen LogP contribution in [0.15, 0.2) is 77.7 Å². The molecule has 0 unspecified atom stereocenters. The molecule has 5 rings (SSSR count). The molecular weight excluding hydrogens is 619 g/mol. The Bertz CT molecular complexity index is 1580. The van der Waals surface area contributed by atoms with E-state index in [1.807, 2.05) is 12.1 Å². The molecule has 46 heavy (non-hydrogen) atoms. The molecule has 8 nitrogen and oxygen atoms in total. The second kappa shape index (κ2) is 14.1. The maximum atomic E-state index is 13.2. The van der Waals surface area contributed by atoms with Crippen molar-refractivity contribution in [3.8, 4) is 0 Å². The Morgan fingerprint density at radius 1 is 1.04 bits per heavy atom. The first-order chi connectivity index (χ1) is 21.9. The molecule has 3 aromatic carbocycles. The van der Waals surface area contributed by atoms with Gasteiger partial charge in [0, 0.05) is 48.9 Å². The van der Waals surface area contributed by atoms with E-state index >= 15 is 0 Å². The minimum atomic E-state index is -4.39. The number of carbonyl (C=O) groups is 1. The lowest BCUT2D eigenvalue weighted by molar-refractivity contribution is -0.137. The third-order valence-electron chi connectivity index (χ3n) is 9.05. The van der Waals surface area contributed by atoms with Crippen molar-refractivity contribution >= 4 is 21.4 Å². The molecule has 0 saturated carbocycles. The van der Waals surface area contributed by atoms with Crippen LogP contribution in [0.5, 0.6) is 0 Å². The van der Waals surface area contributed by atoms with Gasteiger partial charge >= 0.3 is 6.18 Å². The molecule has 2 aliphatic heterocycles. The number of halogens is 3. The molecule has 0 radical (unpaired) electrons. The number of aliphatic hydroxyl groups excluding tert-OH is 1. The molecule has 0 aromatic heterocycles. The molecule has 2 saturated heterocycles. The Kier molecular flexibility index (Phi) is 10.4. The van der Waals surface area contributed by atoms with Gasteiger partial charge < -0.3 is 20.1 Å². The number of rotatable bonds is 10. The van der Waals surface area contributed by atoms with Crippen molar-refractivity contribution in [2.45, 2.75) is 55.4 Å².